The fourth-order valence-corrected chi connectivity index (χ4v) is 4.80. The third-order valence-corrected chi connectivity index (χ3v) is 6.66. The van der Waals surface area contributed by atoms with Crippen LogP contribution in [0.1, 0.15) is 61.8 Å². The van der Waals surface area contributed by atoms with E-state index in [2.05, 4.69) is 35.4 Å². The molecule has 1 amide bonds. The van der Waals surface area contributed by atoms with Crippen LogP contribution in [0.3, 0.4) is 0 Å². The Morgan fingerprint density at radius 3 is 2.64 bits per heavy atom. The van der Waals surface area contributed by atoms with E-state index in [1.165, 1.54) is 11.1 Å². The highest BCUT2D eigenvalue weighted by molar-refractivity contribution is 6.30. The van der Waals surface area contributed by atoms with Gasteiger partial charge in [-0.3, -0.25) is 9.78 Å². The first kappa shape index (κ1) is 19.2. The van der Waals surface area contributed by atoms with Gasteiger partial charge in [-0.1, -0.05) is 24.6 Å². The summed E-state index contributed by atoms with van der Waals surface area (Å²) >= 11 is 5.92. The van der Waals surface area contributed by atoms with E-state index in [-0.39, 0.29) is 11.8 Å². The molecule has 4 rings (SSSR count). The van der Waals surface area contributed by atoms with Crippen LogP contribution in [-0.4, -0.2) is 10.9 Å². The van der Waals surface area contributed by atoms with Crippen molar-refractivity contribution in [2.75, 3.05) is 5.32 Å². The number of amides is 1. The number of allylic oxidation sites excluding steroid dienone is 1. The molecular weight excluding hydrogens is 368 g/mol. The van der Waals surface area contributed by atoms with Crippen molar-refractivity contribution in [3.63, 3.8) is 0 Å². The molecule has 28 heavy (non-hydrogen) atoms. The minimum atomic E-state index is 0.0194. The number of rotatable bonds is 4. The average molecular weight is 395 g/mol. The molecule has 2 aliphatic rings. The summed E-state index contributed by atoms with van der Waals surface area (Å²) in [5, 5.41) is 3.72. The molecule has 0 bridgehead atoms. The molecule has 3 nitrogen and oxygen atoms in total. The van der Waals surface area contributed by atoms with E-state index in [1.807, 2.05) is 18.3 Å². The standard InChI is InChI=1S/C24H27ClN2O/c1-16(24(28)27-20-12-10-19(25)11-13-20)17-6-8-18(9-7-17)21-14-15-26-23-5-3-2-4-22(21)23/h3,5,10-18H,2,4,6-9H2,1H3,(H,27,28). The number of fused-ring (bicyclic) bond motifs is 1. The molecule has 1 heterocycles. The highest BCUT2D eigenvalue weighted by Gasteiger charge is 2.31. The number of aromatic nitrogens is 1. The Morgan fingerprint density at radius 1 is 1.14 bits per heavy atom. The van der Waals surface area contributed by atoms with Crippen LogP contribution in [0.4, 0.5) is 5.69 Å². The van der Waals surface area contributed by atoms with Crippen LogP contribution in [-0.2, 0) is 11.2 Å². The topological polar surface area (TPSA) is 42.0 Å². The smallest absolute Gasteiger partial charge is 0.227 e. The van der Waals surface area contributed by atoms with Crippen molar-refractivity contribution < 1.29 is 4.79 Å². The molecule has 1 aromatic carbocycles. The van der Waals surface area contributed by atoms with Crippen molar-refractivity contribution in [3.8, 4) is 0 Å². The van der Waals surface area contributed by atoms with Crippen molar-refractivity contribution in [2.24, 2.45) is 11.8 Å². The second-order valence-electron chi connectivity index (χ2n) is 8.10. The van der Waals surface area contributed by atoms with Gasteiger partial charge in [0.05, 0.1) is 5.69 Å². The van der Waals surface area contributed by atoms with Gasteiger partial charge in [-0.15, -0.1) is 0 Å². The molecule has 0 spiro atoms. The maximum Gasteiger partial charge on any atom is 0.227 e. The van der Waals surface area contributed by atoms with Gasteiger partial charge in [0.1, 0.15) is 0 Å². The Kier molecular flexibility index (Phi) is 5.82. The van der Waals surface area contributed by atoms with Gasteiger partial charge in [-0.2, -0.15) is 0 Å². The number of anilines is 1. The number of nitrogens with zero attached hydrogens (tertiary/aromatic N) is 1. The average Bonchev–Trinajstić information content (AvgIpc) is 2.74. The second-order valence-corrected chi connectivity index (χ2v) is 8.54. The quantitative estimate of drug-likeness (QED) is 0.666. The van der Waals surface area contributed by atoms with E-state index in [0.717, 1.165) is 49.9 Å². The van der Waals surface area contributed by atoms with Crippen molar-refractivity contribution in [2.45, 2.75) is 51.4 Å². The highest BCUT2D eigenvalue weighted by atomic mass is 35.5. The summed E-state index contributed by atoms with van der Waals surface area (Å²) in [4.78, 5) is 17.2. The zero-order valence-corrected chi connectivity index (χ0v) is 17.1. The number of nitrogens with one attached hydrogen (secondary N) is 1. The molecule has 4 heteroatoms. The molecule has 0 aliphatic heterocycles. The van der Waals surface area contributed by atoms with E-state index in [1.54, 1.807) is 12.1 Å². The summed E-state index contributed by atoms with van der Waals surface area (Å²) in [5.74, 6) is 1.18. The van der Waals surface area contributed by atoms with Crippen LogP contribution in [0.25, 0.3) is 6.08 Å². The van der Waals surface area contributed by atoms with Gasteiger partial charge in [0, 0.05) is 22.8 Å². The van der Waals surface area contributed by atoms with Crippen LogP contribution in [0.15, 0.2) is 42.6 Å². The van der Waals surface area contributed by atoms with Gasteiger partial charge in [-0.05, 0) is 97.9 Å². The molecule has 0 radical (unpaired) electrons. The molecule has 2 aliphatic carbocycles. The summed E-state index contributed by atoms with van der Waals surface area (Å²) in [7, 11) is 0. The molecule has 1 atom stereocenters. The maximum absolute atomic E-state index is 12.7. The lowest BCUT2D eigenvalue weighted by molar-refractivity contribution is -0.121. The Labute approximate surface area is 172 Å². The molecule has 1 N–H and O–H groups in total. The third kappa shape index (κ3) is 4.15. The first-order valence-electron chi connectivity index (χ1n) is 10.3. The van der Waals surface area contributed by atoms with Gasteiger partial charge in [0.15, 0.2) is 0 Å². The van der Waals surface area contributed by atoms with E-state index < -0.39 is 0 Å². The minimum Gasteiger partial charge on any atom is -0.326 e. The number of hydrogen-bond acceptors (Lipinski definition) is 2. The Hall–Kier alpha value is -2.13. The normalized spacial score (nSPS) is 22.4. The van der Waals surface area contributed by atoms with Crippen molar-refractivity contribution in [3.05, 3.63) is 64.4 Å². The number of carbonyl (C=O) groups excluding carboxylic acids is 1. The maximum atomic E-state index is 12.7. The number of hydrogen-bond donors (Lipinski definition) is 1. The third-order valence-electron chi connectivity index (χ3n) is 6.41. The van der Waals surface area contributed by atoms with Crippen molar-refractivity contribution >= 4 is 29.3 Å². The summed E-state index contributed by atoms with van der Waals surface area (Å²) in [5.41, 5.74) is 4.90. The molecule has 1 aromatic heterocycles. The molecule has 0 saturated heterocycles. The van der Waals surface area contributed by atoms with Gasteiger partial charge in [0.2, 0.25) is 5.91 Å². The zero-order chi connectivity index (χ0) is 19.5. The van der Waals surface area contributed by atoms with Crippen molar-refractivity contribution in [1.82, 2.24) is 4.98 Å². The van der Waals surface area contributed by atoms with Gasteiger partial charge in [0.25, 0.3) is 0 Å². The van der Waals surface area contributed by atoms with Crippen LogP contribution in [0.2, 0.25) is 5.02 Å². The first-order valence-corrected chi connectivity index (χ1v) is 10.7. The second kappa shape index (κ2) is 8.48. The number of benzene rings is 1. The van der Waals surface area contributed by atoms with Crippen LogP contribution in [0, 0.1) is 11.8 Å². The minimum absolute atomic E-state index is 0.0194. The Morgan fingerprint density at radius 2 is 1.89 bits per heavy atom. The lowest BCUT2D eigenvalue weighted by atomic mass is 9.73. The predicted molar refractivity (Wildman–Crippen MR) is 116 cm³/mol. The van der Waals surface area contributed by atoms with Gasteiger partial charge < -0.3 is 5.32 Å². The van der Waals surface area contributed by atoms with E-state index in [4.69, 9.17) is 11.6 Å². The monoisotopic (exact) mass is 394 g/mol. The van der Waals surface area contributed by atoms with E-state index >= 15 is 0 Å². The molecule has 1 saturated carbocycles. The fourth-order valence-electron chi connectivity index (χ4n) is 4.68. The summed E-state index contributed by atoms with van der Waals surface area (Å²) in [6.45, 7) is 2.06. The van der Waals surface area contributed by atoms with Crippen LogP contribution >= 0.6 is 11.6 Å². The fraction of sp³-hybridized carbons (Fsp3) is 0.417. The number of halogens is 1. The predicted octanol–water partition coefficient (Wildman–Crippen LogP) is 6.24. The lowest BCUT2D eigenvalue weighted by Crippen LogP contribution is -2.29. The molecule has 1 fully saturated rings. The summed E-state index contributed by atoms with van der Waals surface area (Å²) < 4.78 is 0. The Balaban J connectivity index is 1.37. The van der Waals surface area contributed by atoms with E-state index in [0.29, 0.717) is 16.9 Å². The molecule has 146 valence electrons. The molecule has 1 unspecified atom stereocenters. The number of pyridine rings is 1. The first-order chi connectivity index (χ1) is 13.6. The lowest BCUT2D eigenvalue weighted by Gasteiger charge is -2.33. The Bertz CT molecular complexity index is 867. The molecule has 2 aromatic rings. The van der Waals surface area contributed by atoms with E-state index in [9.17, 15) is 4.79 Å². The largest absolute Gasteiger partial charge is 0.326 e. The summed E-state index contributed by atoms with van der Waals surface area (Å²) in [6.07, 6.45) is 13.1. The highest BCUT2D eigenvalue weighted by Crippen LogP contribution is 2.41. The van der Waals surface area contributed by atoms with Crippen LogP contribution < -0.4 is 5.32 Å². The van der Waals surface area contributed by atoms with Crippen LogP contribution in [0.5, 0.6) is 0 Å². The van der Waals surface area contributed by atoms with Gasteiger partial charge >= 0.3 is 0 Å². The van der Waals surface area contributed by atoms with Gasteiger partial charge in [-0.25, -0.2) is 0 Å². The summed E-state index contributed by atoms with van der Waals surface area (Å²) in [6, 6.07) is 9.53. The number of carbonyl (C=O) groups is 1. The van der Waals surface area contributed by atoms with Crippen molar-refractivity contribution in [1.29, 1.82) is 0 Å². The SMILES string of the molecule is CC(C(=O)Nc1ccc(Cl)cc1)C1CCC(c2ccnc3c2CCC=C3)CC1. The molecular formula is C24H27ClN2O. The zero-order valence-electron chi connectivity index (χ0n) is 16.3.